The topological polar surface area (TPSA) is 337 Å². The van der Waals surface area contributed by atoms with Gasteiger partial charge in [0.05, 0.1) is 56.4 Å². The number of halogens is 3. The number of pyridine rings is 1. The molecular weight excluding hydrogens is 1180 g/mol. The number of benzene rings is 2. The first-order chi connectivity index (χ1) is 38.7. The summed E-state index contributed by atoms with van der Waals surface area (Å²) in [4.78, 5) is 126. The summed E-state index contributed by atoms with van der Waals surface area (Å²) in [7, 11) is 0. The van der Waals surface area contributed by atoms with Crippen molar-refractivity contribution in [1.82, 2.24) is 56.1 Å². The number of carbonyl (C=O) groups is 9. The van der Waals surface area contributed by atoms with Crippen molar-refractivity contribution in [1.29, 1.82) is 5.26 Å². The monoisotopic (exact) mass is 1250 g/mol. The molecule has 0 saturated carbocycles. The van der Waals surface area contributed by atoms with E-state index in [-0.39, 0.29) is 140 Å². The van der Waals surface area contributed by atoms with Gasteiger partial charge in [0.15, 0.2) is 6.61 Å². The molecule has 81 heavy (non-hydrogen) atoms. The number of aliphatic carboxylic acids is 3. The zero-order valence-corrected chi connectivity index (χ0v) is 46.9. The Morgan fingerprint density at radius 3 is 1.89 bits per heavy atom. The highest BCUT2D eigenvalue weighted by molar-refractivity contribution is 14.1. The summed E-state index contributed by atoms with van der Waals surface area (Å²) in [6.45, 7) is -1.04. The normalized spacial score (nSPS) is 16.9. The van der Waals surface area contributed by atoms with Gasteiger partial charge in [0.2, 0.25) is 23.6 Å². The molecule has 25 nitrogen and oxygen atoms in total. The molecule has 3 heterocycles. The van der Waals surface area contributed by atoms with Gasteiger partial charge >= 0.3 is 17.9 Å². The van der Waals surface area contributed by atoms with Crippen molar-refractivity contribution in [3.8, 4) is 11.8 Å². The van der Waals surface area contributed by atoms with E-state index < -0.39 is 85.7 Å². The molecule has 2 atom stereocenters. The van der Waals surface area contributed by atoms with Crippen molar-refractivity contribution >= 4 is 86.8 Å². The number of alkyl halides is 2. The SMILES string of the molecule is N#C[C@@H]1CC(F)(F)CN1C(=O)CNC(=O)c1ccnc2ccc(OCC(=O)NC(CCCCNC(=O)CN3CCN(CC(=O)O)CCN(CC(=O)O)CCN(CC(=O)O)CC3)C(=O)NCCNC(=O)CCCc3ccc(I)cc3)cc12. The number of aryl methyl sites for hydroxylation is 1. The van der Waals surface area contributed by atoms with Crippen LogP contribution in [-0.2, 0) is 44.8 Å². The van der Waals surface area contributed by atoms with Crippen LogP contribution in [0, 0.1) is 14.9 Å². The molecule has 0 spiro atoms. The maximum atomic E-state index is 14.0. The van der Waals surface area contributed by atoms with Crippen LogP contribution in [0.1, 0.15) is 54.4 Å². The number of unbranched alkanes of at least 4 members (excludes halogenated alkanes) is 1. The molecule has 2 fully saturated rings. The number of carbonyl (C=O) groups excluding carboxylic acids is 6. The number of rotatable bonds is 28. The van der Waals surface area contributed by atoms with E-state index in [0.29, 0.717) is 24.8 Å². The zero-order chi connectivity index (χ0) is 58.9. The third kappa shape index (κ3) is 23.4. The Morgan fingerprint density at radius 1 is 0.716 bits per heavy atom. The molecule has 1 aromatic heterocycles. The van der Waals surface area contributed by atoms with Crippen LogP contribution < -0.4 is 31.3 Å². The summed E-state index contributed by atoms with van der Waals surface area (Å²) in [6.07, 6.45) is 2.99. The average molecular weight is 1250 g/mol. The molecule has 3 aromatic rings. The number of likely N-dealkylation sites (tertiary alicyclic amines) is 1. The smallest absolute Gasteiger partial charge is 0.317 e. The Kier molecular flexibility index (Phi) is 26.2. The second kappa shape index (κ2) is 32.9. The van der Waals surface area contributed by atoms with Crippen LogP contribution in [0.3, 0.4) is 0 Å². The minimum Gasteiger partial charge on any atom is -0.484 e. The van der Waals surface area contributed by atoms with E-state index in [1.165, 1.54) is 30.5 Å². The van der Waals surface area contributed by atoms with Gasteiger partial charge in [-0.3, -0.25) is 67.7 Å². The minimum atomic E-state index is -3.24. The summed E-state index contributed by atoms with van der Waals surface area (Å²) in [5.74, 6) is -9.74. The lowest BCUT2D eigenvalue weighted by atomic mass is 10.1. The minimum absolute atomic E-state index is 0.0478. The van der Waals surface area contributed by atoms with E-state index >= 15 is 0 Å². The van der Waals surface area contributed by atoms with Crippen molar-refractivity contribution in [3.63, 3.8) is 0 Å². The van der Waals surface area contributed by atoms with Gasteiger partial charge in [-0.15, -0.1) is 0 Å². The van der Waals surface area contributed by atoms with Gasteiger partial charge in [0, 0.05) is 100.0 Å². The van der Waals surface area contributed by atoms with E-state index in [0.717, 1.165) is 20.5 Å². The molecule has 440 valence electrons. The Bertz CT molecular complexity index is 2690. The summed E-state index contributed by atoms with van der Waals surface area (Å²) in [6, 6.07) is 13.1. The molecule has 0 aliphatic carbocycles. The number of nitriles is 1. The summed E-state index contributed by atoms with van der Waals surface area (Å²) >= 11 is 2.22. The van der Waals surface area contributed by atoms with Crippen LogP contribution in [-0.4, -0.2) is 234 Å². The molecule has 2 saturated heterocycles. The van der Waals surface area contributed by atoms with Gasteiger partial charge in [-0.1, -0.05) is 12.1 Å². The van der Waals surface area contributed by atoms with Crippen molar-refractivity contribution in [2.45, 2.75) is 63.0 Å². The zero-order valence-electron chi connectivity index (χ0n) is 44.7. The van der Waals surface area contributed by atoms with E-state index in [1.807, 2.05) is 24.3 Å². The largest absolute Gasteiger partial charge is 0.484 e. The molecule has 2 aliphatic rings. The number of ether oxygens (including phenoxy) is 1. The molecule has 8 N–H and O–H groups in total. The molecular formula is C53H69F2IN12O13. The summed E-state index contributed by atoms with van der Waals surface area (Å²) in [5.41, 5.74) is 1.50. The van der Waals surface area contributed by atoms with Crippen LogP contribution in [0.4, 0.5) is 8.78 Å². The number of nitrogens with one attached hydrogen (secondary N) is 5. The highest BCUT2D eigenvalue weighted by Crippen LogP contribution is 2.31. The van der Waals surface area contributed by atoms with E-state index in [4.69, 9.17) is 4.74 Å². The average Bonchev–Trinajstić information content (AvgIpc) is 3.86. The standard InChI is InChI=1S/C53H69F2IN12O13/c54-53(55)27-38(28-57)68(35-53)47(72)29-62-51(79)40-13-15-58-42-12-11-39(26-41(40)42)81-34-46(71)63-43(52(80)61-17-16-60-44(69)6-3-4-36-7-9-37(56)10-8-36)5-1-2-14-59-45(70)30-64-18-20-65(31-48(73)74)22-24-67(33-50(77)78)25-23-66(21-19-64)32-49(75)76/h7-13,15,26,38,43H,1-6,14,16-25,27,29-35H2,(H,59,70)(H,60,69)(H,61,80)(H,62,79)(H,63,71)(H,73,74)(H,75,76)(H,77,78)/t38-,43?/m0/s1. The quantitative estimate of drug-likeness (QED) is 0.0356. The first-order valence-corrected chi connectivity index (χ1v) is 27.5. The lowest BCUT2D eigenvalue weighted by Gasteiger charge is -2.32. The number of carboxylic acids is 3. The third-order valence-corrected chi connectivity index (χ3v) is 14.0. The van der Waals surface area contributed by atoms with Gasteiger partial charge in [-0.2, -0.15) is 5.26 Å². The van der Waals surface area contributed by atoms with Crippen molar-refractivity contribution in [3.05, 3.63) is 69.4 Å². The highest BCUT2D eigenvalue weighted by atomic mass is 127. The maximum Gasteiger partial charge on any atom is 0.317 e. The van der Waals surface area contributed by atoms with Crippen LogP contribution in [0.5, 0.6) is 5.75 Å². The Hall–Kier alpha value is -7.20. The number of amides is 6. The molecule has 0 bridgehead atoms. The second-order valence-corrected chi connectivity index (χ2v) is 20.9. The lowest BCUT2D eigenvalue weighted by Crippen LogP contribution is -2.50. The Labute approximate surface area is 480 Å². The van der Waals surface area contributed by atoms with Crippen LogP contribution in [0.2, 0.25) is 0 Å². The second-order valence-electron chi connectivity index (χ2n) is 19.6. The first kappa shape index (κ1) is 64.6. The Balaban J connectivity index is 1.16. The van der Waals surface area contributed by atoms with Gasteiger partial charge < -0.3 is 51.5 Å². The highest BCUT2D eigenvalue weighted by Gasteiger charge is 2.47. The molecule has 2 aliphatic heterocycles. The van der Waals surface area contributed by atoms with E-state index in [1.54, 1.807) is 25.7 Å². The van der Waals surface area contributed by atoms with Gasteiger partial charge in [-0.05, 0) is 96.7 Å². The van der Waals surface area contributed by atoms with Crippen molar-refractivity contribution in [2.24, 2.45) is 0 Å². The van der Waals surface area contributed by atoms with Gasteiger partial charge in [-0.25, -0.2) is 8.78 Å². The van der Waals surface area contributed by atoms with E-state index in [9.17, 15) is 72.5 Å². The predicted molar refractivity (Wildman–Crippen MR) is 296 cm³/mol. The number of carboxylic acid groups (broad SMARTS) is 3. The fourth-order valence-electron chi connectivity index (χ4n) is 9.06. The number of aromatic nitrogens is 1. The summed E-state index contributed by atoms with van der Waals surface area (Å²) in [5, 5.41) is 51.6. The van der Waals surface area contributed by atoms with Crippen LogP contribution in [0.15, 0.2) is 54.7 Å². The first-order valence-electron chi connectivity index (χ1n) is 26.4. The number of nitrogens with zero attached hydrogens (tertiary/aromatic N) is 7. The summed E-state index contributed by atoms with van der Waals surface area (Å²) < 4.78 is 34.8. The number of hydrogen-bond donors (Lipinski definition) is 8. The van der Waals surface area contributed by atoms with Crippen molar-refractivity contribution < 1.29 is 72.0 Å². The molecule has 6 amide bonds. The fourth-order valence-corrected chi connectivity index (χ4v) is 9.42. The third-order valence-electron chi connectivity index (χ3n) is 13.3. The van der Waals surface area contributed by atoms with Crippen molar-refractivity contribution in [2.75, 3.05) is 118 Å². The van der Waals surface area contributed by atoms with E-state index in [2.05, 4.69) is 54.2 Å². The van der Waals surface area contributed by atoms with Gasteiger partial charge in [0.1, 0.15) is 17.8 Å². The predicted octanol–water partition coefficient (Wildman–Crippen LogP) is 0.210. The lowest BCUT2D eigenvalue weighted by molar-refractivity contribution is -0.140. The molecule has 2 aromatic carbocycles. The maximum absolute atomic E-state index is 14.0. The number of hydrogen-bond acceptors (Lipinski definition) is 16. The molecule has 28 heteroatoms. The number of fused-ring (bicyclic) bond motifs is 1. The van der Waals surface area contributed by atoms with Gasteiger partial charge in [0.25, 0.3) is 17.7 Å². The molecule has 0 radical (unpaired) electrons. The van der Waals surface area contributed by atoms with Crippen LogP contribution >= 0.6 is 22.6 Å². The fraction of sp³-hybridized carbons (Fsp3) is 0.528. The molecule has 1 unspecified atom stereocenters. The Morgan fingerprint density at radius 2 is 1.30 bits per heavy atom. The van der Waals surface area contributed by atoms with Crippen LogP contribution in [0.25, 0.3) is 10.9 Å². The molecule has 5 rings (SSSR count).